The lowest BCUT2D eigenvalue weighted by Crippen LogP contribution is -2.40. The highest BCUT2D eigenvalue weighted by molar-refractivity contribution is 7.13. The van der Waals surface area contributed by atoms with Gasteiger partial charge in [0.2, 0.25) is 0 Å². The van der Waals surface area contributed by atoms with Gasteiger partial charge in [-0.15, -0.1) is 11.3 Å². The van der Waals surface area contributed by atoms with Crippen molar-refractivity contribution in [2.24, 2.45) is 0 Å². The van der Waals surface area contributed by atoms with Crippen LogP contribution in [0.5, 0.6) is 0 Å². The molecule has 0 saturated carbocycles. The summed E-state index contributed by atoms with van der Waals surface area (Å²) in [6, 6.07) is 6.09. The van der Waals surface area contributed by atoms with Crippen LogP contribution in [0.2, 0.25) is 0 Å². The quantitative estimate of drug-likeness (QED) is 0.852. The molecule has 0 radical (unpaired) electrons. The van der Waals surface area contributed by atoms with Crippen LogP contribution in [-0.4, -0.2) is 41.7 Å². The van der Waals surface area contributed by atoms with Crippen LogP contribution in [0.1, 0.15) is 21.7 Å². The summed E-state index contributed by atoms with van der Waals surface area (Å²) >= 11 is 1.61. The van der Waals surface area contributed by atoms with E-state index in [1.165, 1.54) is 0 Å². The van der Waals surface area contributed by atoms with Crippen molar-refractivity contribution >= 4 is 17.2 Å². The Bertz CT molecular complexity index is 604. The van der Waals surface area contributed by atoms with Crippen molar-refractivity contribution in [2.45, 2.75) is 13.8 Å². The van der Waals surface area contributed by atoms with E-state index in [4.69, 9.17) is 4.74 Å². The number of thiophene rings is 1. The molecule has 1 amide bonds. The predicted molar refractivity (Wildman–Crippen MR) is 79.8 cm³/mol. The summed E-state index contributed by atoms with van der Waals surface area (Å²) < 4.78 is 7.46. The lowest BCUT2D eigenvalue weighted by atomic mass is 10.2. The van der Waals surface area contributed by atoms with Gasteiger partial charge in [0.25, 0.3) is 5.91 Å². The fourth-order valence-electron chi connectivity index (χ4n) is 2.56. The zero-order chi connectivity index (χ0) is 14.1. The summed E-state index contributed by atoms with van der Waals surface area (Å²) in [6.07, 6.45) is 0. The molecule has 1 fully saturated rings. The van der Waals surface area contributed by atoms with Crippen molar-refractivity contribution in [3.8, 4) is 5.00 Å². The maximum atomic E-state index is 12.7. The van der Waals surface area contributed by atoms with Gasteiger partial charge in [-0.2, -0.15) is 0 Å². The van der Waals surface area contributed by atoms with Gasteiger partial charge in [-0.25, -0.2) is 0 Å². The first-order valence-corrected chi connectivity index (χ1v) is 7.66. The summed E-state index contributed by atoms with van der Waals surface area (Å²) in [6.45, 7) is 6.75. The minimum absolute atomic E-state index is 0.108. The zero-order valence-electron chi connectivity index (χ0n) is 11.8. The van der Waals surface area contributed by atoms with Crippen LogP contribution in [0.3, 0.4) is 0 Å². The van der Waals surface area contributed by atoms with Crippen molar-refractivity contribution in [2.75, 3.05) is 26.3 Å². The minimum Gasteiger partial charge on any atom is -0.378 e. The number of carbonyl (C=O) groups is 1. The van der Waals surface area contributed by atoms with E-state index in [-0.39, 0.29) is 5.91 Å². The van der Waals surface area contributed by atoms with Crippen molar-refractivity contribution in [1.29, 1.82) is 0 Å². The first-order valence-electron chi connectivity index (χ1n) is 6.78. The van der Waals surface area contributed by atoms with Crippen LogP contribution in [0, 0.1) is 13.8 Å². The van der Waals surface area contributed by atoms with Gasteiger partial charge in [0.1, 0.15) is 5.00 Å². The normalized spacial score (nSPS) is 15.6. The topological polar surface area (TPSA) is 34.5 Å². The van der Waals surface area contributed by atoms with Gasteiger partial charge >= 0.3 is 0 Å². The molecule has 0 N–H and O–H groups in total. The summed E-state index contributed by atoms with van der Waals surface area (Å²) in [5.41, 5.74) is 3.10. The molecule has 2 aromatic rings. The van der Waals surface area contributed by atoms with Crippen molar-refractivity contribution in [1.82, 2.24) is 9.47 Å². The smallest absolute Gasteiger partial charge is 0.257 e. The van der Waals surface area contributed by atoms with Gasteiger partial charge in [-0.3, -0.25) is 4.79 Å². The number of aromatic nitrogens is 1. The van der Waals surface area contributed by atoms with E-state index in [0.717, 1.165) is 22.0 Å². The van der Waals surface area contributed by atoms with E-state index in [2.05, 4.69) is 30.5 Å². The number of rotatable bonds is 2. The molecule has 3 heterocycles. The lowest BCUT2D eigenvalue weighted by Gasteiger charge is -2.27. The highest BCUT2D eigenvalue weighted by atomic mass is 32.1. The number of amides is 1. The highest BCUT2D eigenvalue weighted by Gasteiger charge is 2.23. The fraction of sp³-hybridized carbons (Fsp3) is 0.400. The molecular formula is C15H18N2O2S. The standard InChI is InChI=1S/C15H18N2O2S/c1-11-3-4-12(2)17(11)15-13(5-10-20-15)14(18)16-6-8-19-9-7-16/h3-5,10H,6-9H2,1-2H3. The van der Waals surface area contributed by atoms with E-state index in [1.54, 1.807) is 11.3 Å². The lowest BCUT2D eigenvalue weighted by molar-refractivity contribution is 0.0303. The van der Waals surface area contributed by atoms with Gasteiger partial charge in [-0.1, -0.05) is 0 Å². The Morgan fingerprint density at radius 1 is 1.15 bits per heavy atom. The molecule has 20 heavy (non-hydrogen) atoms. The molecule has 0 unspecified atom stereocenters. The van der Waals surface area contributed by atoms with Crippen LogP contribution in [0.25, 0.3) is 5.00 Å². The van der Waals surface area contributed by atoms with Crippen molar-refractivity contribution in [3.05, 3.63) is 40.5 Å². The Morgan fingerprint density at radius 3 is 2.45 bits per heavy atom. The molecule has 4 nitrogen and oxygen atoms in total. The number of carbonyl (C=O) groups excluding carboxylic acids is 1. The molecule has 5 heteroatoms. The molecule has 106 valence electrons. The number of nitrogens with zero attached hydrogens (tertiary/aromatic N) is 2. The number of ether oxygens (including phenoxy) is 1. The second kappa shape index (κ2) is 5.42. The molecule has 0 aromatic carbocycles. The third kappa shape index (κ3) is 2.27. The highest BCUT2D eigenvalue weighted by Crippen LogP contribution is 2.27. The number of morpholine rings is 1. The van der Waals surface area contributed by atoms with Crippen LogP contribution in [0.15, 0.2) is 23.6 Å². The Hall–Kier alpha value is -1.59. The average molecular weight is 290 g/mol. The summed E-state index contributed by atoms with van der Waals surface area (Å²) in [7, 11) is 0. The number of aryl methyl sites for hydroxylation is 2. The van der Waals surface area contributed by atoms with Crippen LogP contribution in [-0.2, 0) is 4.74 Å². The molecular weight excluding hydrogens is 272 g/mol. The molecule has 1 aliphatic rings. The summed E-state index contributed by atoms with van der Waals surface area (Å²) in [5, 5.41) is 3.00. The van der Waals surface area contributed by atoms with Crippen LogP contribution < -0.4 is 0 Å². The number of hydrogen-bond donors (Lipinski definition) is 0. The van der Waals surface area contributed by atoms with E-state index in [9.17, 15) is 4.79 Å². The Balaban J connectivity index is 1.96. The minimum atomic E-state index is 0.108. The Labute approximate surface area is 122 Å². The molecule has 0 aliphatic carbocycles. The third-order valence-electron chi connectivity index (χ3n) is 3.65. The molecule has 0 bridgehead atoms. The molecule has 1 saturated heterocycles. The van der Waals surface area contributed by atoms with E-state index in [0.29, 0.717) is 26.3 Å². The van der Waals surface area contributed by atoms with Gasteiger partial charge < -0.3 is 14.2 Å². The van der Waals surface area contributed by atoms with Crippen LogP contribution >= 0.6 is 11.3 Å². The monoisotopic (exact) mass is 290 g/mol. The van der Waals surface area contributed by atoms with Gasteiger partial charge in [0.05, 0.1) is 18.8 Å². The molecule has 1 aliphatic heterocycles. The fourth-order valence-corrected chi connectivity index (χ4v) is 3.57. The zero-order valence-corrected chi connectivity index (χ0v) is 12.6. The molecule has 0 atom stereocenters. The number of hydrogen-bond acceptors (Lipinski definition) is 3. The maximum absolute atomic E-state index is 12.7. The average Bonchev–Trinajstić information content (AvgIpc) is 3.06. The van der Waals surface area contributed by atoms with E-state index < -0.39 is 0 Å². The van der Waals surface area contributed by atoms with Gasteiger partial charge in [0.15, 0.2) is 0 Å². The van der Waals surface area contributed by atoms with Gasteiger partial charge in [-0.05, 0) is 37.4 Å². The SMILES string of the molecule is Cc1ccc(C)n1-c1sccc1C(=O)N1CCOCC1. The first-order chi connectivity index (χ1) is 9.68. The van der Waals surface area contributed by atoms with Crippen molar-refractivity contribution in [3.63, 3.8) is 0 Å². The Morgan fingerprint density at radius 2 is 1.80 bits per heavy atom. The molecule has 3 rings (SSSR count). The summed E-state index contributed by atoms with van der Waals surface area (Å²) in [4.78, 5) is 14.5. The van der Waals surface area contributed by atoms with E-state index in [1.807, 2.05) is 16.3 Å². The first kappa shape index (κ1) is 13.4. The Kier molecular flexibility index (Phi) is 3.63. The maximum Gasteiger partial charge on any atom is 0.257 e. The third-order valence-corrected chi connectivity index (χ3v) is 4.55. The van der Waals surface area contributed by atoms with Gasteiger partial charge in [0, 0.05) is 24.5 Å². The van der Waals surface area contributed by atoms with E-state index >= 15 is 0 Å². The summed E-state index contributed by atoms with van der Waals surface area (Å²) in [5.74, 6) is 0.108. The second-order valence-electron chi connectivity index (χ2n) is 5.00. The molecule has 2 aromatic heterocycles. The largest absolute Gasteiger partial charge is 0.378 e. The van der Waals surface area contributed by atoms with Crippen LogP contribution in [0.4, 0.5) is 0 Å². The molecule has 0 spiro atoms. The predicted octanol–water partition coefficient (Wildman–Crippen LogP) is 2.63. The second-order valence-corrected chi connectivity index (χ2v) is 5.89. The van der Waals surface area contributed by atoms with Crippen molar-refractivity contribution < 1.29 is 9.53 Å².